The van der Waals surface area contributed by atoms with Gasteiger partial charge in [-0.3, -0.25) is 15.4 Å². The molecule has 4 rings (SSSR count). The van der Waals surface area contributed by atoms with E-state index in [0.717, 1.165) is 17.1 Å². The van der Waals surface area contributed by atoms with E-state index in [4.69, 9.17) is 10.8 Å². The molecule has 0 amide bonds. The monoisotopic (exact) mass is 469 g/mol. The summed E-state index contributed by atoms with van der Waals surface area (Å²) in [6.07, 6.45) is 5.03. The lowest BCUT2D eigenvalue weighted by molar-refractivity contribution is 0.0183. The summed E-state index contributed by atoms with van der Waals surface area (Å²) in [6.45, 7) is 1.38. The predicted molar refractivity (Wildman–Crippen MR) is 116 cm³/mol. The van der Waals surface area contributed by atoms with Crippen LogP contribution in [-0.4, -0.2) is 70.4 Å². The van der Waals surface area contributed by atoms with Gasteiger partial charge in [0.1, 0.15) is 11.3 Å². The highest BCUT2D eigenvalue weighted by atomic mass is 32.2. The highest BCUT2D eigenvalue weighted by molar-refractivity contribution is 7.89. The molecule has 32 heavy (non-hydrogen) atoms. The molecule has 12 heteroatoms. The second-order valence-corrected chi connectivity index (χ2v) is 10.8. The molecule has 9 nitrogen and oxygen atoms in total. The Morgan fingerprint density at radius 2 is 2.19 bits per heavy atom. The number of nitrogens with zero attached hydrogens (tertiary/aromatic N) is 3. The molecule has 1 aliphatic carbocycles. The van der Waals surface area contributed by atoms with Crippen LogP contribution in [0.4, 0.5) is 8.78 Å². The van der Waals surface area contributed by atoms with E-state index in [-0.39, 0.29) is 42.2 Å². The Labute approximate surface area is 185 Å². The number of hydrogen-bond acceptors (Lipinski definition) is 6. The molecular formula is C20H29F2N7O2S. The molecule has 0 aromatic carbocycles. The van der Waals surface area contributed by atoms with E-state index < -0.39 is 28.9 Å². The van der Waals surface area contributed by atoms with Crippen molar-refractivity contribution in [2.75, 3.05) is 25.4 Å². The number of fused-ring (bicyclic) bond motifs is 1. The molecule has 2 aliphatic rings. The van der Waals surface area contributed by atoms with Crippen LogP contribution in [0.25, 0.3) is 11.2 Å². The Hall–Kier alpha value is -2.18. The van der Waals surface area contributed by atoms with Crippen LogP contribution in [0.5, 0.6) is 0 Å². The first-order valence-electron chi connectivity index (χ1n) is 10.9. The molecule has 1 aliphatic heterocycles. The summed E-state index contributed by atoms with van der Waals surface area (Å²) in [4.78, 5) is 7.19. The highest BCUT2D eigenvalue weighted by Gasteiger charge is 2.43. The maximum atomic E-state index is 13.4. The van der Waals surface area contributed by atoms with E-state index in [9.17, 15) is 17.2 Å². The fourth-order valence-corrected chi connectivity index (χ4v) is 6.30. The molecule has 1 saturated carbocycles. The average Bonchev–Trinajstić information content (AvgIpc) is 3.45. The van der Waals surface area contributed by atoms with Gasteiger partial charge < -0.3 is 10.3 Å². The third-order valence-corrected chi connectivity index (χ3v) is 8.45. The van der Waals surface area contributed by atoms with Crippen LogP contribution in [0, 0.1) is 22.7 Å². The first-order chi connectivity index (χ1) is 15.1. The van der Waals surface area contributed by atoms with Crippen LogP contribution >= 0.6 is 0 Å². The number of aromatic amines is 1. The number of sulfonamides is 1. The number of H-pyrrole nitrogens is 1. The first-order valence-corrected chi connectivity index (χ1v) is 12.5. The number of halogens is 2. The minimum atomic E-state index is -3.73. The number of rotatable bonds is 7. The second-order valence-electron chi connectivity index (χ2n) is 8.73. The zero-order chi connectivity index (χ0) is 23.1. The molecule has 4 N–H and O–H groups in total. The van der Waals surface area contributed by atoms with Crippen molar-refractivity contribution in [1.29, 1.82) is 10.8 Å². The number of aromatic nitrogens is 3. The molecule has 1 saturated heterocycles. The number of nitrogens with one attached hydrogen (secondary N) is 4. The average molecular weight is 470 g/mol. The van der Waals surface area contributed by atoms with E-state index in [1.54, 1.807) is 16.8 Å². The molecule has 176 valence electrons. The van der Waals surface area contributed by atoms with Gasteiger partial charge in [0.05, 0.1) is 24.0 Å². The SMILES string of the molecule is CC[C@@H]1C[C@H](NCCS(=O)(=O)N2CCC(F)(F)C2)CC1C(=N)n1c(=N)cnc2[nH]ccc21. The maximum Gasteiger partial charge on any atom is 0.262 e. The van der Waals surface area contributed by atoms with Gasteiger partial charge in [0, 0.05) is 37.7 Å². The van der Waals surface area contributed by atoms with Crippen LogP contribution < -0.4 is 10.8 Å². The summed E-state index contributed by atoms with van der Waals surface area (Å²) < 4.78 is 54.0. The standard InChI is InChI=1S/C20H29F2N7O2S/c1-2-13-9-14(25-6-8-32(30,31)28-7-4-20(21,22)12-28)10-15(13)18(24)29-16-3-5-26-19(16)27-11-17(29)23/h3,5,11,13-15,23-26H,2,4,6-10,12H2,1H3/t13-,14+,15?/m1/s1. The predicted octanol–water partition coefficient (Wildman–Crippen LogP) is 1.73. The van der Waals surface area contributed by atoms with Gasteiger partial charge >= 0.3 is 0 Å². The molecule has 0 radical (unpaired) electrons. The van der Waals surface area contributed by atoms with Crippen molar-refractivity contribution in [3.63, 3.8) is 0 Å². The van der Waals surface area contributed by atoms with Crippen LogP contribution in [0.3, 0.4) is 0 Å². The van der Waals surface area contributed by atoms with E-state index in [0.29, 0.717) is 23.4 Å². The minimum Gasteiger partial charge on any atom is -0.345 e. The van der Waals surface area contributed by atoms with E-state index >= 15 is 0 Å². The summed E-state index contributed by atoms with van der Waals surface area (Å²) in [5, 5.41) is 20.4. The van der Waals surface area contributed by atoms with Gasteiger partial charge in [0.2, 0.25) is 10.0 Å². The van der Waals surface area contributed by atoms with E-state index in [1.807, 2.05) is 0 Å². The van der Waals surface area contributed by atoms with Crippen LogP contribution in [0.2, 0.25) is 0 Å². The van der Waals surface area contributed by atoms with Crippen molar-refractivity contribution >= 4 is 27.0 Å². The lowest BCUT2D eigenvalue weighted by atomic mass is 9.92. The Balaban J connectivity index is 1.40. The largest absolute Gasteiger partial charge is 0.345 e. The Morgan fingerprint density at radius 3 is 2.88 bits per heavy atom. The quantitative estimate of drug-likeness (QED) is 0.363. The van der Waals surface area contributed by atoms with Crippen LogP contribution in [0.15, 0.2) is 18.5 Å². The first kappa shape index (κ1) is 23.0. The molecule has 2 aromatic heterocycles. The minimum absolute atomic E-state index is 0.0267. The third-order valence-electron chi connectivity index (χ3n) is 6.63. The van der Waals surface area contributed by atoms with Gasteiger partial charge in [-0.05, 0) is 24.8 Å². The normalized spacial score (nSPS) is 26.2. The Morgan fingerprint density at radius 1 is 1.41 bits per heavy atom. The van der Waals surface area contributed by atoms with Crippen molar-refractivity contribution in [1.82, 2.24) is 24.2 Å². The fourth-order valence-electron chi connectivity index (χ4n) is 4.92. The van der Waals surface area contributed by atoms with Crippen molar-refractivity contribution in [3.05, 3.63) is 23.9 Å². The molecule has 2 aromatic rings. The smallest absolute Gasteiger partial charge is 0.262 e. The summed E-state index contributed by atoms with van der Waals surface area (Å²) in [7, 11) is -3.73. The fraction of sp³-hybridized carbons (Fsp3) is 0.650. The van der Waals surface area contributed by atoms with E-state index in [1.165, 1.54) is 6.20 Å². The van der Waals surface area contributed by atoms with Crippen molar-refractivity contribution in [2.24, 2.45) is 11.8 Å². The lowest BCUT2D eigenvalue weighted by Crippen LogP contribution is -2.38. The van der Waals surface area contributed by atoms with Crippen molar-refractivity contribution < 1.29 is 17.2 Å². The molecular weight excluding hydrogens is 440 g/mol. The van der Waals surface area contributed by atoms with Crippen LogP contribution in [0.1, 0.15) is 32.6 Å². The summed E-state index contributed by atoms with van der Waals surface area (Å²) in [5.74, 6) is -2.69. The molecule has 0 spiro atoms. The molecule has 0 bridgehead atoms. The number of alkyl halides is 2. The lowest BCUT2D eigenvalue weighted by Gasteiger charge is -2.21. The van der Waals surface area contributed by atoms with Crippen molar-refractivity contribution in [3.8, 4) is 0 Å². The van der Waals surface area contributed by atoms with Gasteiger partial charge in [-0.15, -0.1) is 0 Å². The van der Waals surface area contributed by atoms with Crippen molar-refractivity contribution in [2.45, 2.75) is 44.6 Å². The zero-order valence-corrected chi connectivity index (χ0v) is 18.8. The van der Waals surface area contributed by atoms with Gasteiger partial charge in [-0.2, -0.15) is 4.31 Å². The summed E-state index contributed by atoms with van der Waals surface area (Å²) >= 11 is 0. The molecule has 1 unspecified atom stereocenters. The number of hydrogen-bond donors (Lipinski definition) is 4. The second kappa shape index (κ2) is 8.64. The topological polar surface area (TPSA) is 131 Å². The highest BCUT2D eigenvalue weighted by Crippen LogP contribution is 2.36. The molecule has 3 heterocycles. The maximum absolute atomic E-state index is 13.4. The van der Waals surface area contributed by atoms with Crippen LogP contribution in [-0.2, 0) is 10.0 Å². The van der Waals surface area contributed by atoms with Gasteiger partial charge in [0.25, 0.3) is 5.92 Å². The Bertz CT molecular complexity index is 1160. The molecule has 3 atom stereocenters. The van der Waals surface area contributed by atoms with Gasteiger partial charge in [-0.25, -0.2) is 22.2 Å². The summed E-state index contributed by atoms with van der Waals surface area (Å²) in [5.41, 5.74) is 1.44. The molecule has 2 fully saturated rings. The van der Waals surface area contributed by atoms with Gasteiger partial charge in [0.15, 0.2) is 5.65 Å². The van der Waals surface area contributed by atoms with E-state index in [2.05, 4.69) is 22.2 Å². The van der Waals surface area contributed by atoms with Gasteiger partial charge in [-0.1, -0.05) is 13.3 Å². The summed E-state index contributed by atoms with van der Waals surface area (Å²) in [6, 6.07) is 1.83. The Kier molecular flexibility index (Phi) is 6.21. The zero-order valence-electron chi connectivity index (χ0n) is 17.9. The third kappa shape index (κ3) is 4.48.